The third-order valence-electron chi connectivity index (χ3n) is 3.44. The highest BCUT2D eigenvalue weighted by Gasteiger charge is 2.20. The number of hydrogen-bond donors (Lipinski definition) is 2. The lowest BCUT2D eigenvalue weighted by molar-refractivity contribution is 0.0602. The molecule has 0 bridgehead atoms. The molecule has 8 heteroatoms. The first-order valence-corrected chi connectivity index (χ1v) is 6.64. The Hall–Kier alpha value is -3.00. The minimum absolute atomic E-state index is 0.0258. The van der Waals surface area contributed by atoms with E-state index >= 15 is 0 Å². The van der Waals surface area contributed by atoms with Crippen LogP contribution in [0.1, 0.15) is 15.9 Å². The van der Waals surface area contributed by atoms with Gasteiger partial charge in [0.15, 0.2) is 5.65 Å². The van der Waals surface area contributed by atoms with Crippen LogP contribution in [0.25, 0.3) is 16.9 Å². The van der Waals surface area contributed by atoms with E-state index < -0.39 is 17.3 Å². The highest BCUT2D eigenvalue weighted by Crippen LogP contribution is 2.21. The van der Waals surface area contributed by atoms with E-state index in [2.05, 4.69) is 14.8 Å². The predicted molar refractivity (Wildman–Crippen MR) is 78.5 cm³/mol. The van der Waals surface area contributed by atoms with Gasteiger partial charge in [-0.25, -0.2) is 4.79 Å². The van der Waals surface area contributed by atoms with Crippen LogP contribution in [0.15, 0.2) is 35.3 Å². The number of nitrogens with one attached hydrogen (secondary N) is 1. The maximum absolute atomic E-state index is 14.3. The first-order valence-electron chi connectivity index (χ1n) is 6.64. The van der Waals surface area contributed by atoms with E-state index in [1.807, 2.05) is 0 Å². The van der Waals surface area contributed by atoms with Crippen LogP contribution in [0, 0.1) is 5.82 Å². The van der Waals surface area contributed by atoms with Crippen molar-refractivity contribution in [2.45, 2.75) is 6.61 Å². The molecule has 0 radical (unpaired) electrons. The molecule has 118 valence electrons. The van der Waals surface area contributed by atoms with Gasteiger partial charge in [0, 0.05) is 5.56 Å². The Kier molecular flexibility index (Phi) is 3.67. The number of carbonyl (C=O) groups excluding carboxylic acids is 1. The van der Waals surface area contributed by atoms with Crippen LogP contribution in [0.5, 0.6) is 0 Å². The van der Waals surface area contributed by atoms with Crippen LogP contribution in [-0.4, -0.2) is 32.8 Å². The molecule has 0 saturated heterocycles. The summed E-state index contributed by atoms with van der Waals surface area (Å²) in [5.74, 6) is -1.71. The molecule has 7 nitrogen and oxygen atoms in total. The van der Waals surface area contributed by atoms with Gasteiger partial charge in [-0.05, 0) is 5.56 Å². The summed E-state index contributed by atoms with van der Waals surface area (Å²) in [6.07, 6.45) is 1.14. The molecule has 0 aliphatic rings. The van der Waals surface area contributed by atoms with Gasteiger partial charge in [0.2, 0.25) is 5.82 Å². The van der Waals surface area contributed by atoms with Gasteiger partial charge in [-0.1, -0.05) is 24.3 Å². The number of halogens is 1. The Labute approximate surface area is 129 Å². The van der Waals surface area contributed by atoms with Crippen molar-refractivity contribution in [1.29, 1.82) is 0 Å². The topological polar surface area (TPSA) is 96.7 Å². The summed E-state index contributed by atoms with van der Waals surface area (Å²) in [4.78, 5) is 26.5. The van der Waals surface area contributed by atoms with Crippen molar-refractivity contribution in [3.63, 3.8) is 0 Å². The van der Waals surface area contributed by atoms with E-state index in [4.69, 9.17) is 5.11 Å². The summed E-state index contributed by atoms with van der Waals surface area (Å²) in [5, 5.41) is 12.8. The van der Waals surface area contributed by atoms with E-state index in [0.717, 1.165) is 10.7 Å². The fourth-order valence-electron chi connectivity index (χ4n) is 2.23. The van der Waals surface area contributed by atoms with Crippen molar-refractivity contribution in [3.05, 3.63) is 57.8 Å². The normalized spacial score (nSPS) is 10.9. The number of H-pyrrole nitrogens is 1. The number of carbonyl (C=O) groups is 1. The largest absolute Gasteiger partial charge is 0.465 e. The molecule has 0 spiro atoms. The fraction of sp³-hybridized carbons (Fsp3) is 0.133. The van der Waals surface area contributed by atoms with Crippen molar-refractivity contribution < 1.29 is 19.0 Å². The number of aromatic amines is 1. The number of ether oxygens (including phenoxy) is 1. The molecule has 0 saturated carbocycles. The number of methoxy groups -OCH3 is 1. The molecule has 0 fully saturated rings. The monoisotopic (exact) mass is 317 g/mol. The zero-order valence-corrected chi connectivity index (χ0v) is 12.0. The van der Waals surface area contributed by atoms with Gasteiger partial charge in [-0.3, -0.25) is 4.79 Å². The molecule has 0 amide bonds. The molecule has 1 aromatic carbocycles. The fourth-order valence-corrected chi connectivity index (χ4v) is 2.23. The Balaban J connectivity index is 2.25. The van der Waals surface area contributed by atoms with Crippen molar-refractivity contribution in [2.75, 3.05) is 7.11 Å². The molecule has 0 atom stereocenters. The van der Waals surface area contributed by atoms with Gasteiger partial charge in [0.25, 0.3) is 0 Å². The average Bonchev–Trinajstić information content (AvgIpc) is 3.01. The quantitative estimate of drug-likeness (QED) is 0.705. The van der Waals surface area contributed by atoms with E-state index in [1.165, 1.54) is 7.11 Å². The molecule has 2 heterocycles. The molecular formula is C15H12FN3O4. The van der Waals surface area contributed by atoms with Gasteiger partial charge >= 0.3 is 11.5 Å². The third kappa shape index (κ3) is 2.38. The lowest BCUT2D eigenvalue weighted by Crippen LogP contribution is -2.20. The Morgan fingerprint density at radius 3 is 2.70 bits per heavy atom. The average molecular weight is 317 g/mol. The molecule has 0 unspecified atom stereocenters. The van der Waals surface area contributed by atoms with Gasteiger partial charge in [0.05, 0.1) is 25.6 Å². The van der Waals surface area contributed by atoms with Crippen molar-refractivity contribution in [1.82, 2.24) is 14.6 Å². The molecular weight excluding hydrogens is 305 g/mol. The number of aliphatic hydroxyl groups excluding tert-OH is 1. The summed E-state index contributed by atoms with van der Waals surface area (Å²) in [6.45, 7) is -0.145. The van der Waals surface area contributed by atoms with Crippen LogP contribution in [-0.2, 0) is 11.3 Å². The van der Waals surface area contributed by atoms with Crippen molar-refractivity contribution in [3.8, 4) is 11.3 Å². The van der Waals surface area contributed by atoms with Crippen LogP contribution < -0.4 is 5.56 Å². The summed E-state index contributed by atoms with van der Waals surface area (Å²) in [5.41, 5.74) is 0.0728. The SMILES string of the molecule is COC(=O)c1cnn2c(=O)c(F)c(-c3ccc(CO)cc3)[nH]c12. The van der Waals surface area contributed by atoms with Crippen molar-refractivity contribution >= 4 is 11.6 Å². The van der Waals surface area contributed by atoms with E-state index in [9.17, 15) is 14.0 Å². The zero-order chi connectivity index (χ0) is 16.6. The molecule has 2 aromatic heterocycles. The standard InChI is InChI=1S/C15H12FN3O4/c1-23-15(22)10-6-17-19-13(10)18-12(11(16)14(19)21)9-4-2-8(7-20)3-5-9/h2-6,18,20H,7H2,1H3. The molecule has 0 aliphatic heterocycles. The second kappa shape index (κ2) is 5.65. The first kappa shape index (κ1) is 14.9. The minimum Gasteiger partial charge on any atom is -0.465 e. The van der Waals surface area contributed by atoms with Crippen LogP contribution in [0.4, 0.5) is 4.39 Å². The first-order chi connectivity index (χ1) is 11.1. The molecule has 23 heavy (non-hydrogen) atoms. The molecule has 2 N–H and O–H groups in total. The predicted octanol–water partition coefficient (Wildman–Crippen LogP) is 1.11. The number of benzene rings is 1. The zero-order valence-electron chi connectivity index (χ0n) is 12.0. The number of rotatable bonds is 3. The lowest BCUT2D eigenvalue weighted by Gasteiger charge is -2.06. The Morgan fingerprint density at radius 1 is 1.39 bits per heavy atom. The summed E-state index contributed by atoms with van der Waals surface area (Å²) < 4.78 is 19.7. The number of fused-ring (bicyclic) bond motifs is 1. The molecule has 3 rings (SSSR count). The number of nitrogens with zero attached hydrogens (tertiary/aromatic N) is 2. The minimum atomic E-state index is -1.02. The number of hydrogen-bond acceptors (Lipinski definition) is 5. The van der Waals surface area contributed by atoms with Crippen LogP contribution >= 0.6 is 0 Å². The van der Waals surface area contributed by atoms with E-state index in [-0.39, 0.29) is 23.5 Å². The third-order valence-corrected chi connectivity index (χ3v) is 3.44. The van der Waals surface area contributed by atoms with Gasteiger partial charge < -0.3 is 14.8 Å². The summed E-state index contributed by atoms with van der Waals surface area (Å²) >= 11 is 0. The number of aromatic nitrogens is 3. The number of esters is 1. The second-order valence-corrected chi connectivity index (χ2v) is 4.78. The van der Waals surface area contributed by atoms with Gasteiger partial charge in [0.1, 0.15) is 5.56 Å². The van der Waals surface area contributed by atoms with Gasteiger partial charge in [-0.2, -0.15) is 14.0 Å². The highest BCUT2D eigenvalue weighted by molar-refractivity contribution is 5.95. The van der Waals surface area contributed by atoms with Crippen molar-refractivity contribution in [2.24, 2.45) is 0 Å². The maximum atomic E-state index is 14.3. The van der Waals surface area contributed by atoms with Gasteiger partial charge in [-0.15, -0.1) is 0 Å². The molecule has 0 aliphatic carbocycles. The molecule has 3 aromatic rings. The highest BCUT2D eigenvalue weighted by atomic mass is 19.1. The Bertz CT molecular complexity index is 944. The lowest BCUT2D eigenvalue weighted by atomic mass is 10.1. The Morgan fingerprint density at radius 2 is 2.09 bits per heavy atom. The maximum Gasteiger partial charge on any atom is 0.343 e. The second-order valence-electron chi connectivity index (χ2n) is 4.78. The smallest absolute Gasteiger partial charge is 0.343 e. The summed E-state index contributed by atoms with van der Waals surface area (Å²) in [7, 11) is 1.20. The number of aliphatic hydroxyl groups is 1. The van der Waals surface area contributed by atoms with Crippen LogP contribution in [0.2, 0.25) is 0 Å². The van der Waals surface area contributed by atoms with E-state index in [1.54, 1.807) is 24.3 Å². The summed E-state index contributed by atoms with van der Waals surface area (Å²) in [6, 6.07) is 6.33. The van der Waals surface area contributed by atoms with E-state index in [0.29, 0.717) is 11.1 Å². The van der Waals surface area contributed by atoms with Crippen LogP contribution in [0.3, 0.4) is 0 Å².